The van der Waals surface area contributed by atoms with Gasteiger partial charge in [-0.2, -0.15) is 0 Å². The fraction of sp³-hybridized carbons (Fsp3) is 0. The molecule has 7 aromatic rings. The molecule has 2 heterocycles. The second kappa shape index (κ2) is 9.55. The minimum absolute atomic E-state index is 0.802. The summed E-state index contributed by atoms with van der Waals surface area (Å²) >= 11 is 0. The first kappa shape index (κ1) is 22.9. The molecule has 39 heavy (non-hydrogen) atoms. The number of imidazole rings is 1. The van der Waals surface area contributed by atoms with E-state index in [1.165, 1.54) is 16.3 Å². The van der Waals surface area contributed by atoms with Gasteiger partial charge in [0.2, 0.25) is 0 Å². The maximum absolute atomic E-state index is 5.11. The van der Waals surface area contributed by atoms with Gasteiger partial charge in [-0.3, -0.25) is 4.57 Å². The molecule has 0 saturated heterocycles. The number of para-hydroxylation sites is 3. The molecular weight excluding hydrogens is 474 g/mol. The van der Waals surface area contributed by atoms with Crippen molar-refractivity contribution in [2.45, 2.75) is 0 Å². The summed E-state index contributed by atoms with van der Waals surface area (Å²) in [4.78, 5) is 10.1. The average molecular weight is 500 g/mol. The van der Waals surface area contributed by atoms with E-state index in [0.717, 1.165) is 50.6 Å². The Morgan fingerprint density at radius 3 is 2.18 bits per heavy atom. The largest absolute Gasteiger partial charge is 0.291 e. The smallest absolute Gasteiger partial charge is 0.164 e. The topological polar surface area (TPSA) is 30.7 Å². The lowest BCUT2D eigenvalue weighted by molar-refractivity contribution is 1.08. The van der Waals surface area contributed by atoms with Crippen LogP contribution in [-0.4, -0.2) is 14.5 Å². The molecule has 0 aliphatic carbocycles. The quantitative estimate of drug-likeness (QED) is 0.237. The highest BCUT2D eigenvalue weighted by Gasteiger charge is 2.17. The Labute approximate surface area is 227 Å². The molecule has 2 aromatic heterocycles. The van der Waals surface area contributed by atoms with Gasteiger partial charge in [-0.05, 0) is 63.9 Å². The number of benzene rings is 5. The second-order valence-corrected chi connectivity index (χ2v) is 9.55. The van der Waals surface area contributed by atoms with E-state index in [4.69, 9.17) is 9.97 Å². The van der Waals surface area contributed by atoms with Gasteiger partial charge < -0.3 is 0 Å². The Morgan fingerprint density at radius 1 is 0.564 bits per heavy atom. The average Bonchev–Trinajstić information content (AvgIpc) is 3.41. The van der Waals surface area contributed by atoms with E-state index in [-0.39, 0.29) is 0 Å². The molecule has 7 rings (SSSR count). The first-order valence-electron chi connectivity index (χ1n) is 13.0. The highest BCUT2D eigenvalue weighted by atomic mass is 15.1. The van der Waals surface area contributed by atoms with Gasteiger partial charge in [0.1, 0.15) is 5.69 Å². The molecule has 5 aromatic carbocycles. The van der Waals surface area contributed by atoms with Gasteiger partial charge in [0.25, 0.3) is 0 Å². The molecule has 0 bridgehead atoms. The minimum Gasteiger partial charge on any atom is -0.291 e. The molecule has 0 saturated carbocycles. The summed E-state index contributed by atoms with van der Waals surface area (Å²) < 4.78 is 2.17. The van der Waals surface area contributed by atoms with Crippen molar-refractivity contribution in [1.82, 2.24) is 14.5 Å². The number of rotatable bonds is 5. The lowest BCUT2D eigenvalue weighted by Crippen LogP contribution is -2.01. The van der Waals surface area contributed by atoms with E-state index in [1.807, 2.05) is 54.6 Å². The second-order valence-electron chi connectivity index (χ2n) is 9.55. The summed E-state index contributed by atoms with van der Waals surface area (Å²) in [5.41, 5.74) is 8.93. The van der Waals surface area contributed by atoms with E-state index in [9.17, 15) is 0 Å². The van der Waals surface area contributed by atoms with Crippen molar-refractivity contribution in [2.24, 2.45) is 0 Å². The van der Waals surface area contributed by atoms with Crippen LogP contribution in [0.25, 0.3) is 55.7 Å². The monoisotopic (exact) mass is 499 g/mol. The van der Waals surface area contributed by atoms with E-state index < -0.39 is 0 Å². The van der Waals surface area contributed by atoms with Crippen molar-refractivity contribution in [1.29, 1.82) is 0 Å². The van der Waals surface area contributed by atoms with Crippen LogP contribution in [0.1, 0.15) is 11.3 Å². The maximum Gasteiger partial charge on any atom is 0.164 e. The molecule has 0 unspecified atom stereocenters. The first-order valence-corrected chi connectivity index (χ1v) is 13.0. The number of hydrogen-bond donors (Lipinski definition) is 0. The Hall–Kier alpha value is -5.28. The van der Waals surface area contributed by atoms with Crippen molar-refractivity contribution in [3.05, 3.63) is 157 Å². The summed E-state index contributed by atoms with van der Waals surface area (Å²) in [6.07, 6.45) is 0. The van der Waals surface area contributed by atoms with E-state index in [2.05, 4.69) is 96.1 Å². The maximum atomic E-state index is 5.11. The third kappa shape index (κ3) is 4.01. The van der Waals surface area contributed by atoms with Gasteiger partial charge in [-0.15, -0.1) is 0 Å². The van der Waals surface area contributed by atoms with Crippen LogP contribution in [0.15, 0.2) is 146 Å². The Kier molecular flexibility index (Phi) is 5.60. The van der Waals surface area contributed by atoms with Crippen molar-refractivity contribution in [3.63, 3.8) is 0 Å². The van der Waals surface area contributed by atoms with Gasteiger partial charge in [0.15, 0.2) is 5.82 Å². The molecule has 0 amide bonds. The first-order chi connectivity index (χ1) is 19.3. The van der Waals surface area contributed by atoms with Crippen LogP contribution in [-0.2, 0) is 0 Å². The van der Waals surface area contributed by atoms with Crippen molar-refractivity contribution < 1.29 is 0 Å². The molecule has 0 aliphatic rings. The van der Waals surface area contributed by atoms with E-state index in [0.29, 0.717) is 0 Å². The lowest BCUT2D eigenvalue weighted by atomic mass is 9.90. The molecule has 0 radical (unpaired) electrons. The highest BCUT2D eigenvalue weighted by Crippen LogP contribution is 2.36. The fourth-order valence-electron chi connectivity index (χ4n) is 5.34. The van der Waals surface area contributed by atoms with Crippen LogP contribution >= 0.6 is 0 Å². The zero-order valence-corrected chi connectivity index (χ0v) is 21.3. The SMILES string of the molecule is C=C(c1cccc(-c2nc3ccccc3n2-c2ccccc2)n1)c1ccccc1-c1cccc2ccccc12. The zero-order valence-electron chi connectivity index (χ0n) is 21.3. The molecule has 0 fully saturated rings. The van der Waals surface area contributed by atoms with E-state index in [1.54, 1.807) is 0 Å². The number of fused-ring (bicyclic) bond motifs is 2. The number of nitrogens with zero attached hydrogens (tertiary/aromatic N) is 3. The van der Waals surface area contributed by atoms with Gasteiger partial charge in [-0.1, -0.05) is 110 Å². The molecule has 184 valence electrons. The zero-order chi connectivity index (χ0) is 26.2. The predicted octanol–water partition coefficient (Wildman–Crippen LogP) is 8.97. The number of pyridine rings is 1. The van der Waals surface area contributed by atoms with E-state index >= 15 is 0 Å². The summed E-state index contributed by atoms with van der Waals surface area (Å²) in [5.74, 6) is 0.805. The summed E-state index contributed by atoms with van der Waals surface area (Å²) in [7, 11) is 0. The fourth-order valence-corrected chi connectivity index (χ4v) is 5.34. The standard InChI is InChI=1S/C36H25N3/c1-25(28-17-7-8-19-30(28)31-20-11-14-26-13-5-6-18-29(26)31)32-22-12-23-34(37-32)36-38-33-21-9-10-24-35(33)39(36)27-15-3-2-4-16-27/h2-24H,1H2. The van der Waals surface area contributed by atoms with Crippen LogP contribution in [0.3, 0.4) is 0 Å². The van der Waals surface area contributed by atoms with Gasteiger partial charge in [0, 0.05) is 11.3 Å². The van der Waals surface area contributed by atoms with Gasteiger partial charge in [-0.25, -0.2) is 9.97 Å². The van der Waals surface area contributed by atoms with Crippen LogP contribution in [0.5, 0.6) is 0 Å². The normalized spacial score (nSPS) is 11.2. The number of hydrogen-bond acceptors (Lipinski definition) is 2. The third-order valence-corrected chi connectivity index (χ3v) is 7.19. The number of aromatic nitrogens is 3. The predicted molar refractivity (Wildman–Crippen MR) is 162 cm³/mol. The molecular formula is C36H25N3. The summed E-state index contributed by atoms with van der Waals surface area (Å²) in [6, 6.07) is 48.0. The molecule has 3 heteroatoms. The van der Waals surface area contributed by atoms with Crippen LogP contribution in [0, 0.1) is 0 Å². The van der Waals surface area contributed by atoms with Gasteiger partial charge >= 0.3 is 0 Å². The molecule has 0 atom stereocenters. The van der Waals surface area contributed by atoms with Crippen LogP contribution < -0.4 is 0 Å². The Morgan fingerprint density at radius 2 is 1.26 bits per heavy atom. The van der Waals surface area contributed by atoms with Gasteiger partial charge in [0.05, 0.1) is 16.7 Å². The van der Waals surface area contributed by atoms with Crippen LogP contribution in [0.4, 0.5) is 0 Å². The molecule has 0 N–H and O–H groups in total. The Balaban J connectivity index is 1.36. The van der Waals surface area contributed by atoms with Crippen LogP contribution in [0.2, 0.25) is 0 Å². The Bertz CT molecular complexity index is 1980. The highest BCUT2D eigenvalue weighted by molar-refractivity contribution is 6.00. The van der Waals surface area contributed by atoms with Crippen molar-refractivity contribution >= 4 is 27.4 Å². The molecule has 0 aliphatic heterocycles. The molecule has 0 spiro atoms. The van der Waals surface area contributed by atoms with Crippen molar-refractivity contribution in [2.75, 3.05) is 0 Å². The minimum atomic E-state index is 0.802. The molecule has 3 nitrogen and oxygen atoms in total. The lowest BCUT2D eigenvalue weighted by Gasteiger charge is -2.15. The summed E-state index contributed by atoms with van der Waals surface area (Å²) in [5, 5.41) is 2.44. The third-order valence-electron chi connectivity index (χ3n) is 7.19. The van der Waals surface area contributed by atoms with Crippen molar-refractivity contribution in [3.8, 4) is 28.3 Å². The summed E-state index contributed by atoms with van der Waals surface area (Å²) in [6.45, 7) is 4.53.